The summed E-state index contributed by atoms with van der Waals surface area (Å²) in [5.74, 6) is -0.747. The highest BCUT2D eigenvalue weighted by molar-refractivity contribution is 6.04. The van der Waals surface area contributed by atoms with E-state index in [0.717, 1.165) is 0 Å². The molecule has 0 saturated carbocycles. The summed E-state index contributed by atoms with van der Waals surface area (Å²) in [6.07, 6.45) is 0.356. The lowest BCUT2D eigenvalue weighted by Gasteiger charge is -2.34. The third-order valence-electron chi connectivity index (χ3n) is 3.70. The Hall–Kier alpha value is -1.39. The average Bonchev–Trinajstić information content (AvgIpc) is 2.21. The lowest BCUT2D eigenvalue weighted by atomic mass is 9.80. The van der Waals surface area contributed by atoms with Gasteiger partial charge in [0.15, 0.2) is 0 Å². The van der Waals surface area contributed by atoms with Crippen LogP contribution in [0.5, 0.6) is 0 Å². The average molecular weight is 254 g/mol. The molecule has 1 aliphatic heterocycles. The fourth-order valence-corrected chi connectivity index (χ4v) is 1.70. The molecule has 5 nitrogen and oxygen atoms in total. The zero-order chi connectivity index (χ0) is 14.1. The van der Waals surface area contributed by atoms with Crippen molar-refractivity contribution in [3.63, 3.8) is 0 Å². The molecule has 1 heterocycles. The molecular weight excluding hydrogens is 232 g/mol. The second-order valence-corrected chi connectivity index (χ2v) is 6.08. The molecule has 1 N–H and O–H groups in total. The minimum atomic E-state index is -0.567. The zero-order valence-corrected chi connectivity index (χ0v) is 11.7. The predicted octanol–water partition coefficient (Wildman–Crippen LogP) is 0.932. The lowest BCUT2D eigenvalue weighted by Crippen LogP contribution is -2.58. The van der Waals surface area contributed by atoms with Gasteiger partial charge in [-0.25, -0.2) is 0 Å². The van der Waals surface area contributed by atoms with E-state index < -0.39 is 17.9 Å². The largest absolute Gasteiger partial charge is 0.322 e. The van der Waals surface area contributed by atoms with Crippen LogP contribution in [0.3, 0.4) is 0 Å². The topological polar surface area (TPSA) is 66.5 Å². The smallest absolute Gasteiger partial charge is 0.249 e. The molecule has 0 aromatic heterocycles. The van der Waals surface area contributed by atoms with Crippen LogP contribution in [0, 0.1) is 11.3 Å². The summed E-state index contributed by atoms with van der Waals surface area (Å²) in [4.78, 5) is 36.3. The number of rotatable bonds is 2. The van der Waals surface area contributed by atoms with Crippen LogP contribution in [0.25, 0.3) is 0 Å². The van der Waals surface area contributed by atoms with E-state index in [1.165, 1.54) is 4.90 Å². The highest BCUT2D eigenvalue weighted by Gasteiger charge is 2.35. The van der Waals surface area contributed by atoms with Gasteiger partial charge >= 0.3 is 0 Å². The van der Waals surface area contributed by atoms with Gasteiger partial charge in [0.25, 0.3) is 0 Å². The third kappa shape index (κ3) is 3.31. The van der Waals surface area contributed by atoms with Crippen LogP contribution in [0.4, 0.5) is 0 Å². The van der Waals surface area contributed by atoms with E-state index in [-0.39, 0.29) is 23.8 Å². The first-order chi connectivity index (χ1) is 8.12. The minimum Gasteiger partial charge on any atom is -0.322 e. The molecule has 0 aromatic rings. The SMILES string of the molecule is CC1C(=O)NC(=O)CN1C(=O)CC(C)C(C)(C)C. The molecule has 0 aliphatic carbocycles. The van der Waals surface area contributed by atoms with Crippen molar-refractivity contribution in [2.24, 2.45) is 11.3 Å². The first kappa shape index (κ1) is 14.7. The Balaban J connectivity index is 2.71. The van der Waals surface area contributed by atoms with E-state index in [2.05, 4.69) is 26.1 Å². The number of piperazine rings is 1. The molecule has 5 heteroatoms. The first-order valence-corrected chi connectivity index (χ1v) is 6.26. The Morgan fingerprint density at radius 2 is 2.00 bits per heavy atom. The fourth-order valence-electron chi connectivity index (χ4n) is 1.70. The third-order valence-corrected chi connectivity index (χ3v) is 3.70. The molecule has 18 heavy (non-hydrogen) atoms. The van der Waals surface area contributed by atoms with Gasteiger partial charge in [-0.15, -0.1) is 0 Å². The molecule has 1 aliphatic rings. The molecule has 2 atom stereocenters. The second kappa shape index (κ2) is 5.08. The fraction of sp³-hybridized carbons (Fsp3) is 0.769. The van der Waals surface area contributed by atoms with Crippen molar-refractivity contribution in [3.05, 3.63) is 0 Å². The van der Waals surface area contributed by atoms with Gasteiger partial charge in [-0.1, -0.05) is 27.7 Å². The Morgan fingerprint density at radius 3 is 2.50 bits per heavy atom. The van der Waals surface area contributed by atoms with Crippen molar-refractivity contribution in [3.8, 4) is 0 Å². The maximum atomic E-state index is 12.2. The van der Waals surface area contributed by atoms with Crippen LogP contribution in [0.1, 0.15) is 41.0 Å². The normalized spacial score (nSPS) is 22.7. The molecule has 1 saturated heterocycles. The van der Waals surface area contributed by atoms with Crippen LogP contribution in [0.2, 0.25) is 0 Å². The number of hydrogen-bond acceptors (Lipinski definition) is 3. The summed E-state index contributed by atoms with van der Waals surface area (Å²) in [6, 6.07) is -0.567. The van der Waals surface area contributed by atoms with Crippen molar-refractivity contribution in [1.82, 2.24) is 10.2 Å². The summed E-state index contributed by atoms with van der Waals surface area (Å²) in [6.45, 7) is 9.84. The molecule has 0 spiro atoms. The Labute approximate surface area is 108 Å². The molecule has 0 radical (unpaired) electrons. The number of nitrogens with zero attached hydrogens (tertiary/aromatic N) is 1. The molecule has 1 fully saturated rings. The van der Waals surface area contributed by atoms with E-state index in [4.69, 9.17) is 0 Å². The number of carbonyl (C=O) groups excluding carboxylic acids is 3. The van der Waals surface area contributed by atoms with Crippen molar-refractivity contribution in [1.29, 1.82) is 0 Å². The molecule has 1 rings (SSSR count). The second-order valence-electron chi connectivity index (χ2n) is 6.08. The Morgan fingerprint density at radius 1 is 1.44 bits per heavy atom. The summed E-state index contributed by atoms with van der Waals surface area (Å²) in [5, 5.41) is 2.23. The highest BCUT2D eigenvalue weighted by atomic mass is 16.2. The van der Waals surface area contributed by atoms with Crippen molar-refractivity contribution in [2.75, 3.05) is 6.54 Å². The van der Waals surface area contributed by atoms with Crippen molar-refractivity contribution < 1.29 is 14.4 Å². The zero-order valence-electron chi connectivity index (χ0n) is 11.7. The van der Waals surface area contributed by atoms with E-state index in [1.54, 1.807) is 6.92 Å². The Kier molecular flexibility index (Phi) is 4.14. The highest BCUT2D eigenvalue weighted by Crippen LogP contribution is 2.28. The van der Waals surface area contributed by atoms with Gasteiger partial charge in [-0.05, 0) is 18.3 Å². The number of hydrogen-bond donors (Lipinski definition) is 1. The van der Waals surface area contributed by atoms with E-state index >= 15 is 0 Å². The van der Waals surface area contributed by atoms with E-state index in [1.807, 2.05) is 6.92 Å². The van der Waals surface area contributed by atoms with Gasteiger partial charge < -0.3 is 4.90 Å². The van der Waals surface area contributed by atoms with Gasteiger partial charge in [-0.3, -0.25) is 19.7 Å². The van der Waals surface area contributed by atoms with Crippen molar-refractivity contribution >= 4 is 17.7 Å². The van der Waals surface area contributed by atoms with Crippen LogP contribution < -0.4 is 5.32 Å². The monoisotopic (exact) mass is 254 g/mol. The van der Waals surface area contributed by atoms with Crippen LogP contribution in [-0.2, 0) is 14.4 Å². The molecule has 102 valence electrons. The quantitative estimate of drug-likeness (QED) is 0.746. The van der Waals surface area contributed by atoms with E-state index in [9.17, 15) is 14.4 Å². The molecule has 2 unspecified atom stereocenters. The van der Waals surface area contributed by atoms with Crippen LogP contribution in [0.15, 0.2) is 0 Å². The summed E-state index contributed by atoms with van der Waals surface area (Å²) < 4.78 is 0. The maximum Gasteiger partial charge on any atom is 0.249 e. The predicted molar refractivity (Wildman–Crippen MR) is 67.6 cm³/mol. The number of imide groups is 1. The first-order valence-electron chi connectivity index (χ1n) is 6.26. The number of amides is 3. The molecule has 0 aromatic carbocycles. The molecule has 0 bridgehead atoms. The van der Waals surface area contributed by atoms with Crippen LogP contribution >= 0.6 is 0 Å². The number of nitrogens with one attached hydrogen (secondary N) is 1. The minimum absolute atomic E-state index is 0.0252. The van der Waals surface area contributed by atoms with Gasteiger partial charge in [0, 0.05) is 6.42 Å². The van der Waals surface area contributed by atoms with Crippen molar-refractivity contribution in [2.45, 2.75) is 47.1 Å². The summed E-state index contributed by atoms with van der Waals surface area (Å²) in [5.41, 5.74) is 0.0287. The van der Waals surface area contributed by atoms with Gasteiger partial charge in [0.05, 0.1) is 0 Å². The van der Waals surface area contributed by atoms with Gasteiger partial charge in [0.1, 0.15) is 12.6 Å². The summed E-state index contributed by atoms with van der Waals surface area (Å²) in [7, 11) is 0. The van der Waals surface area contributed by atoms with Crippen LogP contribution in [-0.4, -0.2) is 35.2 Å². The lowest BCUT2D eigenvalue weighted by molar-refractivity contribution is -0.150. The summed E-state index contributed by atoms with van der Waals surface area (Å²) >= 11 is 0. The number of carbonyl (C=O) groups is 3. The van der Waals surface area contributed by atoms with Gasteiger partial charge in [-0.2, -0.15) is 0 Å². The molecule has 3 amide bonds. The van der Waals surface area contributed by atoms with Gasteiger partial charge in [0.2, 0.25) is 17.7 Å². The standard InChI is InChI=1S/C13H22N2O3/c1-8(13(3,4)5)6-11(17)15-7-10(16)14-12(18)9(15)2/h8-9H,6-7H2,1-5H3,(H,14,16,18). The maximum absolute atomic E-state index is 12.2. The molecular formula is C13H22N2O3. The Bertz CT molecular complexity index is 371. The van der Waals surface area contributed by atoms with E-state index in [0.29, 0.717) is 6.42 Å².